The molecule has 0 aliphatic heterocycles. The highest BCUT2D eigenvalue weighted by Crippen LogP contribution is 2.32. The topological polar surface area (TPSA) is 78.4 Å². The van der Waals surface area contributed by atoms with Crippen molar-refractivity contribution in [2.24, 2.45) is 11.8 Å². The van der Waals surface area contributed by atoms with Crippen molar-refractivity contribution < 1.29 is 14.7 Å². The monoisotopic (exact) mass is 310 g/mol. The number of hydrogen-bond acceptors (Lipinski definition) is 4. The van der Waals surface area contributed by atoms with E-state index in [0.717, 1.165) is 17.7 Å². The molecule has 1 aromatic heterocycles. The van der Waals surface area contributed by atoms with Crippen molar-refractivity contribution in [2.75, 3.05) is 6.54 Å². The van der Waals surface area contributed by atoms with Crippen molar-refractivity contribution >= 4 is 23.2 Å². The first-order valence-corrected chi connectivity index (χ1v) is 8.16. The number of carboxylic acids is 1. The van der Waals surface area contributed by atoms with Crippen molar-refractivity contribution in [3.05, 3.63) is 22.4 Å². The second-order valence-electron chi connectivity index (χ2n) is 5.84. The fourth-order valence-corrected chi connectivity index (χ4v) is 3.30. The van der Waals surface area contributed by atoms with E-state index in [9.17, 15) is 9.59 Å². The summed E-state index contributed by atoms with van der Waals surface area (Å²) in [6.45, 7) is 4.16. The Morgan fingerprint density at radius 2 is 2.14 bits per heavy atom. The van der Waals surface area contributed by atoms with Crippen LogP contribution >= 0.6 is 11.3 Å². The predicted molar refractivity (Wildman–Crippen MR) is 82.2 cm³/mol. The summed E-state index contributed by atoms with van der Waals surface area (Å²) in [6.07, 6.45) is 1.85. The van der Waals surface area contributed by atoms with Gasteiger partial charge in [-0.05, 0) is 36.1 Å². The van der Waals surface area contributed by atoms with Crippen LogP contribution in [0.3, 0.4) is 0 Å². The molecule has 2 rings (SSSR count). The third-order valence-electron chi connectivity index (χ3n) is 3.67. The Morgan fingerprint density at radius 1 is 1.43 bits per heavy atom. The van der Waals surface area contributed by atoms with E-state index in [2.05, 4.69) is 24.5 Å². The molecule has 116 valence electrons. The summed E-state index contributed by atoms with van der Waals surface area (Å²) in [5.41, 5.74) is 0. The first-order chi connectivity index (χ1) is 9.99. The van der Waals surface area contributed by atoms with Gasteiger partial charge in [0.2, 0.25) is 5.91 Å². The molecular weight excluding hydrogens is 288 g/mol. The van der Waals surface area contributed by atoms with Gasteiger partial charge in [-0.2, -0.15) is 0 Å². The van der Waals surface area contributed by atoms with Crippen LogP contribution in [0.5, 0.6) is 0 Å². The lowest BCUT2D eigenvalue weighted by molar-refractivity contribution is -0.140. The normalized spacial score (nSPS) is 17.5. The van der Waals surface area contributed by atoms with Gasteiger partial charge in [-0.3, -0.25) is 14.9 Å². The van der Waals surface area contributed by atoms with Gasteiger partial charge in [0.15, 0.2) is 0 Å². The van der Waals surface area contributed by atoms with E-state index in [4.69, 9.17) is 5.11 Å². The smallest absolute Gasteiger partial charge is 0.320 e. The number of thiophene rings is 1. The van der Waals surface area contributed by atoms with Crippen LogP contribution in [0.25, 0.3) is 0 Å². The Hall–Kier alpha value is -1.40. The molecule has 1 fully saturated rings. The van der Waals surface area contributed by atoms with E-state index < -0.39 is 12.0 Å². The highest BCUT2D eigenvalue weighted by molar-refractivity contribution is 7.10. The third kappa shape index (κ3) is 4.54. The van der Waals surface area contributed by atoms with Crippen molar-refractivity contribution in [1.29, 1.82) is 0 Å². The van der Waals surface area contributed by atoms with Crippen LogP contribution in [0.15, 0.2) is 17.5 Å². The minimum absolute atomic E-state index is 0.0245. The first kappa shape index (κ1) is 16.0. The SMILES string of the molecule is CC(C)C(NC(=O)CNC(C(=O)O)C1CC1)c1cccs1. The Balaban J connectivity index is 1.86. The number of aliphatic carboxylic acids is 1. The summed E-state index contributed by atoms with van der Waals surface area (Å²) >= 11 is 1.62. The van der Waals surface area contributed by atoms with Gasteiger partial charge in [-0.15, -0.1) is 11.3 Å². The number of hydrogen-bond donors (Lipinski definition) is 3. The summed E-state index contributed by atoms with van der Waals surface area (Å²) in [5, 5.41) is 17.0. The second kappa shape index (κ2) is 7.04. The van der Waals surface area contributed by atoms with E-state index in [1.165, 1.54) is 0 Å². The highest BCUT2D eigenvalue weighted by Gasteiger charge is 2.36. The second-order valence-corrected chi connectivity index (χ2v) is 6.82. The molecule has 0 radical (unpaired) electrons. The maximum Gasteiger partial charge on any atom is 0.320 e. The summed E-state index contributed by atoms with van der Waals surface area (Å²) in [5.74, 6) is -0.572. The Kier molecular flexibility index (Phi) is 5.36. The van der Waals surface area contributed by atoms with Crippen LogP contribution < -0.4 is 10.6 Å². The number of amides is 1. The molecule has 0 saturated heterocycles. The maximum absolute atomic E-state index is 12.1. The van der Waals surface area contributed by atoms with Gasteiger partial charge in [-0.25, -0.2) is 0 Å². The molecule has 1 saturated carbocycles. The lowest BCUT2D eigenvalue weighted by Crippen LogP contribution is -2.45. The summed E-state index contributed by atoms with van der Waals surface area (Å²) in [4.78, 5) is 24.3. The van der Waals surface area contributed by atoms with Gasteiger partial charge in [0, 0.05) is 4.88 Å². The van der Waals surface area contributed by atoms with Gasteiger partial charge >= 0.3 is 5.97 Å². The molecule has 0 bridgehead atoms. The van der Waals surface area contributed by atoms with Crippen LogP contribution in [-0.4, -0.2) is 29.6 Å². The summed E-state index contributed by atoms with van der Waals surface area (Å²) in [6, 6.07) is 3.35. The third-order valence-corrected chi connectivity index (χ3v) is 4.63. The van der Waals surface area contributed by atoms with Crippen molar-refractivity contribution in [1.82, 2.24) is 10.6 Å². The Labute approximate surface area is 128 Å². The fraction of sp³-hybridized carbons (Fsp3) is 0.600. The molecule has 1 amide bonds. The van der Waals surface area contributed by atoms with Crippen LogP contribution in [0.2, 0.25) is 0 Å². The Bertz CT molecular complexity index is 483. The lowest BCUT2D eigenvalue weighted by atomic mass is 10.0. The minimum Gasteiger partial charge on any atom is -0.480 e. The zero-order valence-electron chi connectivity index (χ0n) is 12.3. The molecule has 0 aromatic carbocycles. The van der Waals surface area contributed by atoms with Gasteiger partial charge in [0.25, 0.3) is 0 Å². The standard InChI is InChI=1S/C15H22N2O3S/c1-9(2)13(11-4-3-7-21-11)17-12(18)8-16-14(15(19)20)10-5-6-10/h3-4,7,9-10,13-14,16H,5-6,8H2,1-2H3,(H,17,18)(H,19,20). The molecule has 5 nitrogen and oxygen atoms in total. The van der Waals surface area contributed by atoms with Crippen molar-refractivity contribution in [3.63, 3.8) is 0 Å². The predicted octanol–water partition coefficient (Wildman–Crippen LogP) is 2.01. The number of carboxylic acid groups (broad SMARTS) is 1. The first-order valence-electron chi connectivity index (χ1n) is 7.28. The number of carbonyl (C=O) groups is 2. The summed E-state index contributed by atoms with van der Waals surface area (Å²) in [7, 11) is 0. The Morgan fingerprint density at radius 3 is 2.62 bits per heavy atom. The molecule has 1 heterocycles. The van der Waals surface area contributed by atoms with Crippen LogP contribution in [-0.2, 0) is 9.59 Å². The molecular formula is C15H22N2O3S. The van der Waals surface area contributed by atoms with E-state index >= 15 is 0 Å². The lowest BCUT2D eigenvalue weighted by Gasteiger charge is -2.22. The quantitative estimate of drug-likeness (QED) is 0.686. The van der Waals surface area contributed by atoms with E-state index in [1.54, 1.807) is 11.3 Å². The maximum atomic E-state index is 12.1. The molecule has 6 heteroatoms. The molecule has 21 heavy (non-hydrogen) atoms. The minimum atomic E-state index is -0.871. The summed E-state index contributed by atoms with van der Waals surface area (Å²) < 4.78 is 0. The van der Waals surface area contributed by atoms with Crippen LogP contribution in [0, 0.1) is 11.8 Å². The van der Waals surface area contributed by atoms with E-state index in [0.29, 0.717) is 0 Å². The molecule has 3 N–H and O–H groups in total. The number of rotatable bonds is 8. The van der Waals surface area contributed by atoms with Gasteiger partial charge in [0.1, 0.15) is 6.04 Å². The average molecular weight is 310 g/mol. The average Bonchev–Trinajstić information content (AvgIpc) is 3.10. The molecule has 1 aliphatic rings. The van der Waals surface area contributed by atoms with Crippen molar-refractivity contribution in [2.45, 2.75) is 38.8 Å². The highest BCUT2D eigenvalue weighted by atomic mass is 32.1. The van der Waals surface area contributed by atoms with Crippen LogP contribution in [0.1, 0.15) is 37.6 Å². The zero-order chi connectivity index (χ0) is 15.4. The molecule has 1 aliphatic carbocycles. The zero-order valence-corrected chi connectivity index (χ0v) is 13.2. The molecule has 2 atom stereocenters. The van der Waals surface area contributed by atoms with Crippen molar-refractivity contribution in [3.8, 4) is 0 Å². The van der Waals surface area contributed by atoms with E-state index in [-0.39, 0.29) is 30.3 Å². The fourth-order valence-electron chi connectivity index (χ4n) is 2.35. The van der Waals surface area contributed by atoms with Gasteiger partial charge < -0.3 is 10.4 Å². The number of carbonyl (C=O) groups excluding carboxylic acids is 1. The largest absolute Gasteiger partial charge is 0.480 e. The molecule has 1 aromatic rings. The van der Waals surface area contributed by atoms with E-state index in [1.807, 2.05) is 17.5 Å². The van der Waals surface area contributed by atoms with Gasteiger partial charge in [-0.1, -0.05) is 19.9 Å². The molecule has 0 spiro atoms. The van der Waals surface area contributed by atoms with Crippen LogP contribution in [0.4, 0.5) is 0 Å². The molecule has 2 unspecified atom stereocenters. The number of nitrogens with one attached hydrogen (secondary N) is 2. The van der Waals surface area contributed by atoms with Gasteiger partial charge in [0.05, 0.1) is 12.6 Å².